The fourth-order valence-corrected chi connectivity index (χ4v) is 4.44. The molecule has 4 rings (SSSR count). The van der Waals surface area contributed by atoms with Crippen LogP contribution in [-0.2, 0) is 18.5 Å². The van der Waals surface area contributed by atoms with Gasteiger partial charge in [0.05, 0.1) is 28.7 Å². The van der Waals surface area contributed by atoms with Crippen LogP contribution in [0, 0.1) is 0 Å². The Hall–Kier alpha value is -3.78. The van der Waals surface area contributed by atoms with Gasteiger partial charge in [-0.15, -0.1) is 0 Å². The summed E-state index contributed by atoms with van der Waals surface area (Å²) in [6.07, 6.45) is 1.63. The number of hydrogen-bond donors (Lipinski definition) is 2. The number of hydrogen-bond acceptors (Lipinski definition) is 7. The monoisotopic (exact) mass is 560 g/mol. The largest absolute Gasteiger partial charge is 0.408 e. The molecule has 4 aromatic heterocycles. The molecule has 0 bridgehead atoms. The third-order valence-electron chi connectivity index (χ3n) is 5.97. The van der Waals surface area contributed by atoms with Gasteiger partial charge in [-0.1, -0.05) is 19.6 Å². The van der Waals surface area contributed by atoms with Crippen molar-refractivity contribution in [1.82, 2.24) is 29.3 Å². The van der Waals surface area contributed by atoms with Crippen molar-refractivity contribution in [2.75, 3.05) is 17.2 Å². The summed E-state index contributed by atoms with van der Waals surface area (Å²) >= 11 is 0. The van der Waals surface area contributed by atoms with Crippen molar-refractivity contribution >= 4 is 36.7 Å². The number of halogens is 3. The van der Waals surface area contributed by atoms with Crippen molar-refractivity contribution in [1.29, 1.82) is 0 Å². The SMILES string of the molecule is C[C@@H](Nc1nccc(-c2cc3cnc(NC(=O)c4cnn(C)c4)cc3n2COCC[Si](C)(C)C)n1)C(F)(F)F. The van der Waals surface area contributed by atoms with Crippen molar-refractivity contribution < 1.29 is 22.7 Å². The van der Waals surface area contributed by atoms with Crippen LogP contribution < -0.4 is 10.6 Å². The molecule has 14 heteroatoms. The smallest absolute Gasteiger partial charge is 0.361 e. The molecule has 39 heavy (non-hydrogen) atoms. The van der Waals surface area contributed by atoms with E-state index in [1.807, 2.05) is 10.6 Å². The summed E-state index contributed by atoms with van der Waals surface area (Å²) in [5.41, 5.74) is 2.12. The number of aromatic nitrogens is 6. The number of carbonyl (C=O) groups is 1. The van der Waals surface area contributed by atoms with Gasteiger partial charge in [0.1, 0.15) is 18.6 Å². The van der Waals surface area contributed by atoms with Crippen LogP contribution >= 0.6 is 0 Å². The highest BCUT2D eigenvalue weighted by Gasteiger charge is 2.36. The average molecular weight is 561 g/mol. The fraction of sp³-hybridized carbons (Fsp3) is 0.400. The second-order valence-electron chi connectivity index (χ2n) is 10.5. The Balaban J connectivity index is 1.68. The number of anilines is 2. The van der Waals surface area contributed by atoms with Crippen LogP contribution in [0.15, 0.2) is 43.0 Å². The minimum Gasteiger partial charge on any atom is -0.361 e. The lowest BCUT2D eigenvalue weighted by Crippen LogP contribution is -2.33. The normalized spacial score (nSPS) is 13.0. The van der Waals surface area contributed by atoms with Gasteiger partial charge in [0.15, 0.2) is 0 Å². The third kappa shape index (κ3) is 7.20. The molecule has 208 valence electrons. The molecule has 4 heterocycles. The van der Waals surface area contributed by atoms with E-state index in [4.69, 9.17) is 4.74 Å². The molecule has 0 aliphatic heterocycles. The van der Waals surface area contributed by atoms with E-state index >= 15 is 0 Å². The molecule has 1 amide bonds. The Morgan fingerprint density at radius 1 is 1.18 bits per heavy atom. The number of fused-ring (bicyclic) bond motifs is 1. The van der Waals surface area contributed by atoms with Crippen LogP contribution in [0.3, 0.4) is 0 Å². The Bertz CT molecular complexity index is 1460. The summed E-state index contributed by atoms with van der Waals surface area (Å²) in [4.78, 5) is 25.3. The summed E-state index contributed by atoms with van der Waals surface area (Å²) in [6.45, 7) is 8.51. The molecule has 4 aromatic rings. The molecule has 0 fully saturated rings. The van der Waals surface area contributed by atoms with Crippen molar-refractivity contribution in [3.8, 4) is 11.4 Å². The number of alkyl halides is 3. The van der Waals surface area contributed by atoms with E-state index in [0.717, 1.165) is 18.4 Å². The first-order valence-corrected chi connectivity index (χ1v) is 16.0. The van der Waals surface area contributed by atoms with Crippen molar-refractivity contribution in [3.05, 3.63) is 48.5 Å². The number of carbonyl (C=O) groups excluding carboxylic acids is 1. The standard InChI is InChI=1S/C25H31F3N8O2Si/c1-16(25(26,27)28)32-24-29-7-6-19(33-24)21-10-17-12-30-22(34-23(37)18-13-31-35(2)14-18)11-20(17)36(21)15-38-8-9-39(3,4)5/h6-7,10-14,16H,8-9,15H2,1-5H3,(H,29,32,33)(H,30,34,37)/t16-/m1/s1. The molecule has 2 N–H and O–H groups in total. The van der Waals surface area contributed by atoms with Gasteiger partial charge in [0, 0.05) is 51.8 Å². The topological polar surface area (TPSA) is 112 Å². The van der Waals surface area contributed by atoms with E-state index in [2.05, 4.69) is 50.3 Å². The fourth-order valence-electron chi connectivity index (χ4n) is 3.68. The highest BCUT2D eigenvalue weighted by atomic mass is 28.3. The predicted octanol–water partition coefficient (Wildman–Crippen LogP) is 5.15. The zero-order valence-corrected chi connectivity index (χ0v) is 23.4. The minimum absolute atomic E-state index is 0.142. The van der Waals surface area contributed by atoms with E-state index in [0.29, 0.717) is 34.9 Å². The van der Waals surface area contributed by atoms with Crippen molar-refractivity contribution in [2.45, 2.75) is 51.6 Å². The van der Waals surface area contributed by atoms with E-state index in [1.54, 1.807) is 31.6 Å². The van der Waals surface area contributed by atoms with Crippen LogP contribution in [0.2, 0.25) is 25.7 Å². The summed E-state index contributed by atoms with van der Waals surface area (Å²) in [6, 6.07) is 4.32. The number of rotatable bonds is 10. The first kappa shape index (κ1) is 28.2. The van der Waals surface area contributed by atoms with E-state index in [-0.39, 0.29) is 18.6 Å². The summed E-state index contributed by atoms with van der Waals surface area (Å²) in [7, 11) is 0.391. The van der Waals surface area contributed by atoms with Gasteiger partial charge in [-0.2, -0.15) is 18.3 Å². The molecule has 1 atom stereocenters. The number of nitrogens with zero attached hydrogens (tertiary/aromatic N) is 6. The third-order valence-corrected chi connectivity index (χ3v) is 7.67. The number of pyridine rings is 1. The summed E-state index contributed by atoms with van der Waals surface area (Å²) in [5, 5.41) is 9.85. The summed E-state index contributed by atoms with van der Waals surface area (Å²) < 4.78 is 48.7. The molecule has 0 radical (unpaired) electrons. The lowest BCUT2D eigenvalue weighted by atomic mass is 10.2. The molecule has 0 aliphatic rings. The maximum atomic E-state index is 13.1. The van der Waals surface area contributed by atoms with Gasteiger partial charge < -0.3 is 19.9 Å². The molecular formula is C25H31F3N8O2Si. The molecule has 0 unspecified atom stereocenters. The van der Waals surface area contributed by atoms with Gasteiger partial charge in [-0.3, -0.25) is 9.48 Å². The Morgan fingerprint density at radius 3 is 2.62 bits per heavy atom. The van der Waals surface area contributed by atoms with Gasteiger partial charge in [-0.25, -0.2) is 15.0 Å². The van der Waals surface area contributed by atoms with Gasteiger partial charge in [0.25, 0.3) is 5.91 Å². The Morgan fingerprint density at radius 2 is 1.95 bits per heavy atom. The molecular weight excluding hydrogens is 529 g/mol. The van der Waals surface area contributed by atoms with Crippen LogP contribution in [0.1, 0.15) is 17.3 Å². The van der Waals surface area contributed by atoms with E-state index < -0.39 is 20.3 Å². The predicted molar refractivity (Wildman–Crippen MR) is 145 cm³/mol. The molecule has 0 saturated heterocycles. The molecule has 0 spiro atoms. The second kappa shape index (κ2) is 11.1. The zero-order valence-electron chi connectivity index (χ0n) is 22.4. The highest BCUT2D eigenvalue weighted by molar-refractivity contribution is 6.76. The minimum atomic E-state index is -4.44. The number of nitrogens with one attached hydrogen (secondary N) is 2. The zero-order chi connectivity index (χ0) is 28.4. The maximum absolute atomic E-state index is 13.1. The molecule has 0 aliphatic carbocycles. The first-order chi connectivity index (χ1) is 18.3. The van der Waals surface area contributed by atoms with Gasteiger partial charge >= 0.3 is 6.18 Å². The Kier molecular flexibility index (Phi) is 8.06. The number of aryl methyl sites for hydroxylation is 1. The van der Waals surface area contributed by atoms with Crippen LogP contribution in [0.4, 0.5) is 24.9 Å². The van der Waals surface area contributed by atoms with Crippen molar-refractivity contribution in [3.63, 3.8) is 0 Å². The lowest BCUT2D eigenvalue weighted by molar-refractivity contribution is -0.138. The van der Waals surface area contributed by atoms with Crippen LogP contribution in [0.5, 0.6) is 0 Å². The molecule has 0 saturated carbocycles. The van der Waals surface area contributed by atoms with Crippen LogP contribution in [0.25, 0.3) is 22.3 Å². The second-order valence-corrected chi connectivity index (χ2v) is 16.1. The van der Waals surface area contributed by atoms with E-state index in [9.17, 15) is 18.0 Å². The number of amides is 1. The number of ether oxygens (including phenoxy) is 1. The van der Waals surface area contributed by atoms with Gasteiger partial charge in [-0.05, 0) is 25.1 Å². The molecule has 10 nitrogen and oxygen atoms in total. The Labute approximate surface area is 224 Å². The van der Waals surface area contributed by atoms with Crippen molar-refractivity contribution in [2.24, 2.45) is 7.05 Å². The maximum Gasteiger partial charge on any atom is 0.408 e. The summed E-state index contributed by atoms with van der Waals surface area (Å²) in [5.74, 6) is -0.172. The quantitative estimate of drug-likeness (QED) is 0.204. The van der Waals surface area contributed by atoms with E-state index in [1.165, 1.54) is 17.1 Å². The van der Waals surface area contributed by atoms with Crippen LogP contribution in [-0.4, -0.2) is 62.1 Å². The molecule has 0 aromatic carbocycles. The highest BCUT2D eigenvalue weighted by Crippen LogP contribution is 2.30. The van der Waals surface area contributed by atoms with Gasteiger partial charge in [0.2, 0.25) is 5.95 Å². The first-order valence-electron chi connectivity index (χ1n) is 12.3. The lowest BCUT2D eigenvalue weighted by Gasteiger charge is -2.18. The average Bonchev–Trinajstić information content (AvgIpc) is 3.44.